The van der Waals surface area contributed by atoms with E-state index in [1.165, 1.54) is 0 Å². The molecule has 1 fully saturated rings. The normalized spacial score (nSPS) is 18.2. The van der Waals surface area contributed by atoms with Crippen molar-refractivity contribution in [3.05, 3.63) is 0 Å². The molecule has 0 saturated carbocycles. The average Bonchev–Trinajstić information content (AvgIpc) is 2.33. The maximum atomic E-state index is 12.1. The molecule has 5 nitrogen and oxygen atoms in total. The van der Waals surface area contributed by atoms with Gasteiger partial charge >= 0.3 is 6.18 Å². The molecular weight excluding hydrogens is 263 g/mol. The number of piperidine rings is 1. The van der Waals surface area contributed by atoms with E-state index in [4.69, 9.17) is 5.73 Å². The number of alkyl halides is 3. The van der Waals surface area contributed by atoms with Crippen molar-refractivity contribution in [1.29, 1.82) is 0 Å². The first-order chi connectivity index (χ1) is 8.79. The van der Waals surface area contributed by atoms with E-state index in [9.17, 15) is 22.8 Å². The van der Waals surface area contributed by atoms with E-state index in [1.807, 2.05) is 5.32 Å². The number of likely N-dealkylation sites (tertiary alicyclic amines) is 1. The number of hydrogen-bond donors (Lipinski definition) is 2. The number of halogens is 3. The summed E-state index contributed by atoms with van der Waals surface area (Å²) in [6.45, 7) is -0.166. The van der Waals surface area contributed by atoms with Crippen LogP contribution in [-0.2, 0) is 9.59 Å². The first kappa shape index (κ1) is 15.7. The third kappa shape index (κ3) is 5.91. The molecule has 0 aromatic heterocycles. The molecule has 1 unspecified atom stereocenters. The van der Waals surface area contributed by atoms with Crippen LogP contribution >= 0.6 is 0 Å². The van der Waals surface area contributed by atoms with Crippen LogP contribution in [0.25, 0.3) is 0 Å². The lowest BCUT2D eigenvalue weighted by atomic mass is 10.1. The second-order valence-corrected chi connectivity index (χ2v) is 4.60. The molecule has 1 saturated heterocycles. The Morgan fingerprint density at radius 2 is 1.79 bits per heavy atom. The molecule has 0 spiro atoms. The van der Waals surface area contributed by atoms with Gasteiger partial charge in [0, 0.05) is 13.1 Å². The molecular formula is C11H18F3N3O2. The lowest BCUT2D eigenvalue weighted by Gasteiger charge is -2.28. The zero-order valence-electron chi connectivity index (χ0n) is 10.5. The van der Waals surface area contributed by atoms with Gasteiger partial charge in [0.05, 0.1) is 19.0 Å². The highest BCUT2D eigenvalue weighted by atomic mass is 19.4. The number of carbonyl (C=O) groups excluding carboxylic acids is 2. The molecule has 1 aliphatic rings. The number of nitrogens with zero attached hydrogens (tertiary/aromatic N) is 1. The molecule has 1 rings (SSSR count). The standard InChI is InChI=1S/C11H18F3N3O2/c12-11(13,14)7-16-8(10(15)19)6-9(18)17-4-2-1-3-5-17/h8,16H,1-7H2,(H2,15,19). The summed E-state index contributed by atoms with van der Waals surface area (Å²) in [7, 11) is 0. The second-order valence-electron chi connectivity index (χ2n) is 4.60. The Hall–Kier alpha value is -1.31. The van der Waals surface area contributed by atoms with E-state index in [2.05, 4.69) is 0 Å². The van der Waals surface area contributed by atoms with Gasteiger partial charge < -0.3 is 10.6 Å². The summed E-state index contributed by atoms with van der Waals surface area (Å²) in [4.78, 5) is 24.5. The topological polar surface area (TPSA) is 75.4 Å². The van der Waals surface area contributed by atoms with Gasteiger partial charge in [-0.15, -0.1) is 0 Å². The number of hydrogen-bond acceptors (Lipinski definition) is 3. The molecule has 3 N–H and O–H groups in total. The maximum absolute atomic E-state index is 12.1. The van der Waals surface area contributed by atoms with Crippen LogP contribution in [-0.4, -0.2) is 48.6 Å². The Kier molecular flexibility index (Phi) is 5.59. The van der Waals surface area contributed by atoms with Gasteiger partial charge in [0.15, 0.2) is 0 Å². The summed E-state index contributed by atoms with van der Waals surface area (Å²) in [5.41, 5.74) is 5.00. The highest BCUT2D eigenvalue weighted by Crippen LogP contribution is 2.14. The van der Waals surface area contributed by atoms with Crippen molar-refractivity contribution in [2.75, 3.05) is 19.6 Å². The van der Waals surface area contributed by atoms with Crippen molar-refractivity contribution in [2.45, 2.75) is 37.9 Å². The molecule has 1 aliphatic heterocycles. The molecule has 0 aromatic rings. The number of primary amides is 1. The Bertz CT molecular complexity index is 328. The van der Waals surface area contributed by atoms with Crippen LogP contribution in [0.3, 0.4) is 0 Å². The van der Waals surface area contributed by atoms with Gasteiger partial charge in [0.2, 0.25) is 11.8 Å². The lowest BCUT2D eigenvalue weighted by Crippen LogP contribution is -2.48. The van der Waals surface area contributed by atoms with Crippen molar-refractivity contribution in [2.24, 2.45) is 5.73 Å². The Morgan fingerprint density at radius 3 is 2.26 bits per heavy atom. The largest absolute Gasteiger partial charge is 0.401 e. The van der Waals surface area contributed by atoms with Crippen LogP contribution in [0, 0.1) is 0 Å². The molecule has 110 valence electrons. The number of rotatable bonds is 5. The number of nitrogens with one attached hydrogen (secondary N) is 1. The van der Waals surface area contributed by atoms with Crippen LogP contribution in [0.15, 0.2) is 0 Å². The third-order valence-electron chi connectivity index (χ3n) is 2.98. The van der Waals surface area contributed by atoms with E-state index < -0.39 is 24.7 Å². The lowest BCUT2D eigenvalue weighted by molar-refractivity contribution is -0.138. The summed E-state index contributed by atoms with van der Waals surface area (Å²) in [5, 5.41) is 1.98. The van der Waals surface area contributed by atoms with Crippen molar-refractivity contribution in [1.82, 2.24) is 10.2 Å². The molecule has 2 amide bonds. The maximum Gasteiger partial charge on any atom is 0.401 e. The minimum absolute atomic E-state index is 0.328. The van der Waals surface area contributed by atoms with Crippen molar-refractivity contribution in [3.8, 4) is 0 Å². The fraction of sp³-hybridized carbons (Fsp3) is 0.818. The van der Waals surface area contributed by atoms with E-state index in [0.29, 0.717) is 13.1 Å². The van der Waals surface area contributed by atoms with Crippen molar-refractivity contribution >= 4 is 11.8 Å². The van der Waals surface area contributed by atoms with Gasteiger partial charge in [-0.25, -0.2) is 0 Å². The highest BCUT2D eigenvalue weighted by Gasteiger charge is 2.31. The van der Waals surface area contributed by atoms with Gasteiger partial charge in [0.1, 0.15) is 0 Å². The quantitative estimate of drug-likeness (QED) is 0.765. The monoisotopic (exact) mass is 281 g/mol. The van der Waals surface area contributed by atoms with Gasteiger partial charge in [-0.3, -0.25) is 14.9 Å². The molecule has 1 heterocycles. The number of amides is 2. The minimum atomic E-state index is -4.44. The van der Waals surface area contributed by atoms with Crippen LogP contribution in [0.4, 0.5) is 13.2 Å². The Balaban J connectivity index is 2.48. The summed E-state index contributed by atoms with van der Waals surface area (Å²) in [6.07, 6.45) is -1.98. The Labute approximate surface area is 109 Å². The van der Waals surface area contributed by atoms with E-state index in [0.717, 1.165) is 19.3 Å². The average molecular weight is 281 g/mol. The third-order valence-corrected chi connectivity index (χ3v) is 2.98. The highest BCUT2D eigenvalue weighted by molar-refractivity contribution is 5.87. The van der Waals surface area contributed by atoms with E-state index in [-0.39, 0.29) is 12.3 Å². The first-order valence-corrected chi connectivity index (χ1v) is 6.17. The van der Waals surface area contributed by atoms with Crippen LogP contribution in [0.2, 0.25) is 0 Å². The molecule has 19 heavy (non-hydrogen) atoms. The van der Waals surface area contributed by atoms with Gasteiger partial charge in [-0.05, 0) is 19.3 Å². The fourth-order valence-electron chi connectivity index (χ4n) is 1.96. The van der Waals surface area contributed by atoms with Gasteiger partial charge in [0.25, 0.3) is 0 Å². The second kappa shape index (κ2) is 6.74. The predicted molar refractivity (Wildman–Crippen MR) is 62.1 cm³/mol. The minimum Gasteiger partial charge on any atom is -0.368 e. The van der Waals surface area contributed by atoms with Crippen molar-refractivity contribution < 1.29 is 22.8 Å². The molecule has 0 bridgehead atoms. The van der Waals surface area contributed by atoms with Crippen LogP contribution in [0.1, 0.15) is 25.7 Å². The SMILES string of the molecule is NC(=O)C(CC(=O)N1CCCCC1)NCC(F)(F)F. The van der Waals surface area contributed by atoms with Gasteiger partial charge in [-0.1, -0.05) is 0 Å². The van der Waals surface area contributed by atoms with E-state index in [1.54, 1.807) is 4.90 Å². The van der Waals surface area contributed by atoms with Gasteiger partial charge in [-0.2, -0.15) is 13.2 Å². The summed E-state index contributed by atoms with van der Waals surface area (Å²) in [5.74, 6) is -1.28. The van der Waals surface area contributed by atoms with Crippen LogP contribution < -0.4 is 11.1 Å². The molecule has 0 aliphatic carbocycles. The van der Waals surface area contributed by atoms with E-state index >= 15 is 0 Å². The van der Waals surface area contributed by atoms with Crippen LogP contribution in [0.5, 0.6) is 0 Å². The summed E-state index contributed by atoms with van der Waals surface area (Å²) in [6, 6.07) is -1.28. The van der Waals surface area contributed by atoms with Crippen molar-refractivity contribution in [3.63, 3.8) is 0 Å². The number of nitrogens with two attached hydrogens (primary N) is 1. The molecule has 8 heteroatoms. The smallest absolute Gasteiger partial charge is 0.368 e. The predicted octanol–water partition coefficient (Wildman–Crippen LogP) is 0.395. The first-order valence-electron chi connectivity index (χ1n) is 6.17. The Morgan fingerprint density at radius 1 is 1.21 bits per heavy atom. The molecule has 0 radical (unpaired) electrons. The summed E-state index contributed by atoms with van der Waals surface area (Å²) >= 11 is 0. The summed E-state index contributed by atoms with van der Waals surface area (Å²) < 4.78 is 36.2. The zero-order chi connectivity index (χ0) is 14.5. The fourth-order valence-corrected chi connectivity index (χ4v) is 1.96. The zero-order valence-corrected chi connectivity index (χ0v) is 10.5. The molecule has 1 atom stereocenters. The number of carbonyl (C=O) groups is 2. The molecule has 0 aromatic carbocycles.